The molecule has 0 aliphatic heterocycles. The van der Waals surface area contributed by atoms with Crippen molar-refractivity contribution in [3.05, 3.63) is 0 Å². The van der Waals surface area contributed by atoms with Gasteiger partial charge in [0.25, 0.3) is 0 Å². The summed E-state index contributed by atoms with van der Waals surface area (Å²) < 4.78 is 5.13. The third-order valence-electron chi connectivity index (χ3n) is 0.491. The Kier molecular flexibility index (Phi) is 3.39. The quantitative estimate of drug-likeness (QED) is 0.347. The molecule has 3 heteroatoms. The van der Waals surface area contributed by atoms with E-state index in [9.17, 15) is 0 Å². The summed E-state index contributed by atoms with van der Waals surface area (Å²) >= 11 is 0. The summed E-state index contributed by atoms with van der Waals surface area (Å²) in [7, 11) is -1.44. The second-order valence-electron chi connectivity index (χ2n) is 3.34. The average molecular weight is 148 g/mol. The molecule has 0 rings (SSSR count). The van der Waals surface area contributed by atoms with E-state index < -0.39 is 8.32 Å². The Morgan fingerprint density at radius 2 is 1.56 bits per heavy atom. The fourth-order valence-corrected chi connectivity index (χ4v) is 0.722. The van der Waals surface area contributed by atoms with E-state index in [1.165, 1.54) is 0 Å². The lowest BCUT2D eigenvalue weighted by Gasteiger charge is -2.17. The fraction of sp³-hybridized carbons (Fsp3) is 1.00. The normalized spacial score (nSPS) is 12.7. The van der Waals surface area contributed by atoms with Gasteiger partial charge in [0.15, 0.2) is 0 Å². The zero-order valence-corrected chi connectivity index (χ0v) is 7.89. The van der Waals surface area contributed by atoms with Crippen molar-refractivity contribution in [1.29, 1.82) is 0 Å². The van der Waals surface area contributed by atoms with Gasteiger partial charge in [0.2, 0.25) is 8.32 Å². The van der Waals surface area contributed by atoms with Crippen molar-refractivity contribution < 1.29 is 9.46 Å². The first kappa shape index (κ1) is 9.14. The van der Waals surface area contributed by atoms with Gasteiger partial charge < -0.3 is 0 Å². The van der Waals surface area contributed by atoms with Gasteiger partial charge in [-0.1, -0.05) is 0 Å². The van der Waals surface area contributed by atoms with Crippen LogP contribution in [0, 0.1) is 0 Å². The summed E-state index contributed by atoms with van der Waals surface area (Å²) in [4.78, 5) is 4.97. The van der Waals surface area contributed by atoms with Crippen molar-refractivity contribution in [1.82, 2.24) is 0 Å². The molecule has 0 atom stereocenters. The first-order chi connectivity index (χ1) is 3.92. The lowest BCUT2D eigenvalue weighted by Crippen LogP contribution is -2.27. The molecule has 56 valence electrons. The summed E-state index contributed by atoms with van der Waals surface area (Å²) in [6.45, 7) is 10.2. The van der Waals surface area contributed by atoms with Crippen molar-refractivity contribution in [2.24, 2.45) is 0 Å². The van der Waals surface area contributed by atoms with Gasteiger partial charge in [0, 0.05) is 0 Å². The minimum Gasteiger partial charge on any atom is -0.287 e. The zero-order valence-electron chi connectivity index (χ0n) is 6.89. The number of hydrogen-bond acceptors (Lipinski definition) is 2. The molecule has 2 nitrogen and oxygen atoms in total. The predicted octanol–water partition coefficient (Wildman–Crippen LogP) is 2.18. The zero-order chi connectivity index (χ0) is 7.49. The van der Waals surface area contributed by atoms with E-state index in [1.54, 1.807) is 0 Å². The molecule has 9 heavy (non-hydrogen) atoms. The Balaban J connectivity index is 3.28. The third-order valence-corrected chi connectivity index (χ3v) is 1.09. The van der Waals surface area contributed by atoms with E-state index in [2.05, 4.69) is 19.6 Å². The Morgan fingerprint density at radius 1 is 1.11 bits per heavy atom. The van der Waals surface area contributed by atoms with E-state index >= 15 is 0 Å². The largest absolute Gasteiger partial charge is 0.287 e. The highest BCUT2D eigenvalue weighted by Crippen LogP contribution is 2.04. The maximum absolute atomic E-state index is 5.13. The van der Waals surface area contributed by atoms with Crippen LogP contribution in [0.2, 0.25) is 19.6 Å². The fourth-order valence-electron chi connectivity index (χ4n) is 0.241. The first-order valence-electron chi connectivity index (χ1n) is 3.26. The van der Waals surface area contributed by atoms with Crippen LogP contribution in [0.25, 0.3) is 0 Å². The van der Waals surface area contributed by atoms with Crippen LogP contribution in [0.1, 0.15) is 13.8 Å². The van der Waals surface area contributed by atoms with Crippen LogP contribution < -0.4 is 0 Å². The molecule has 0 aliphatic carbocycles. The molecular weight excluding hydrogens is 132 g/mol. The van der Waals surface area contributed by atoms with E-state index in [1.807, 2.05) is 13.8 Å². The second kappa shape index (κ2) is 3.34. The molecule has 0 saturated heterocycles. The molecule has 0 radical (unpaired) electrons. The molecule has 0 amide bonds. The standard InChI is InChI=1S/C6H16O2Si/c1-6(2)7-8-9(3,4)5/h6H,1-5H3. The highest BCUT2D eigenvalue weighted by molar-refractivity contribution is 6.69. The monoisotopic (exact) mass is 148 g/mol. The van der Waals surface area contributed by atoms with Crippen LogP contribution in [0.5, 0.6) is 0 Å². The summed E-state index contributed by atoms with van der Waals surface area (Å²) in [5, 5.41) is 0. The lowest BCUT2D eigenvalue weighted by atomic mass is 10.5. The van der Waals surface area contributed by atoms with Gasteiger partial charge in [-0.25, -0.2) is 4.89 Å². The Hall–Kier alpha value is 0.137. The molecule has 0 aromatic carbocycles. The van der Waals surface area contributed by atoms with Gasteiger partial charge in [0.1, 0.15) is 0 Å². The van der Waals surface area contributed by atoms with Crippen molar-refractivity contribution >= 4 is 8.32 Å². The van der Waals surface area contributed by atoms with Gasteiger partial charge in [-0.3, -0.25) is 4.58 Å². The Morgan fingerprint density at radius 3 is 1.67 bits per heavy atom. The van der Waals surface area contributed by atoms with Crippen LogP contribution in [0.4, 0.5) is 0 Å². The Labute approximate surface area is 58.2 Å². The molecule has 0 N–H and O–H groups in total. The first-order valence-corrected chi connectivity index (χ1v) is 6.67. The summed E-state index contributed by atoms with van der Waals surface area (Å²) in [5.41, 5.74) is 0. The molecule has 0 bridgehead atoms. The average Bonchev–Trinajstić information content (AvgIpc) is 1.59. The van der Waals surface area contributed by atoms with Crippen LogP contribution >= 0.6 is 0 Å². The molecule has 0 spiro atoms. The minimum absolute atomic E-state index is 0.178. The second-order valence-corrected chi connectivity index (χ2v) is 7.73. The van der Waals surface area contributed by atoms with E-state index in [4.69, 9.17) is 9.46 Å². The van der Waals surface area contributed by atoms with Crippen LogP contribution in [0.15, 0.2) is 0 Å². The smallest absolute Gasteiger partial charge is 0.230 e. The van der Waals surface area contributed by atoms with Crippen LogP contribution in [0.3, 0.4) is 0 Å². The van der Waals surface area contributed by atoms with Crippen LogP contribution in [-0.2, 0) is 9.46 Å². The topological polar surface area (TPSA) is 18.5 Å². The summed E-state index contributed by atoms with van der Waals surface area (Å²) in [6.07, 6.45) is 0.178. The molecule has 0 aliphatic rings. The van der Waals surface area contributed by atoms with Crippen LogP contribution in [-0.4, -0.2) is 14.4 Å². The molecule has 0 unspecified atom stereocenters. The van der Waals surface area contributed by atoms with Gasteiger partial charge in [-0.05, 0) is 33.5 Å². The van der Waals surface area contributed by atoms with Crippen molar-refractivity contribution in [3.63, 3.8) is 0 Å². The molecule has 0 heterocycles. The van der Waals surface area contributed by atoms with Crippen molar-refractivity contribution in [3.8, 4) is 0 Å². The number of hydrogen-bond donors (Lipinski definition) is 0. The van der Waals surface area contributed by atoms with Crippen molar-refractivity contribution in [2.75, 3.05) is 0 Å². The summed E-state index contributed by atoms with van der Waals surface area (Å²) in [5.74, 6) is 0. The molecule has 0 saturated carbocycles. The van der Waals surface area contributed by atoms with E-state index in [0.717, 1.165) is 0 Å². The van der Waals surface area contributed by atoms with Gasteiger partial charge in [-0.15, -0.1) is 0 Å². The number of rotatable bonds is 3. The SMILES string of the molecule is CC(C)OO[Si](C)(C)C. The van der Waals surface area contributed by atoms with Gasteiger partial charge in [0.05, 0.1) is 6.10 Å². The highest BCUT2D eigenvalue weighted by Gasteiger charge is 2.16. The van der Waals surface area contributed by atoms with E-state index in [-0.39, 0.29) is 6.10 Å². The molecular formula is C6H16O2Si. The Bertz CT molecular complexity index is 75.6. The van der Waals surface area contributed by atoms with Gasteiger partial charge in [-0.2, -0.15) is 0 Å². The predicted molar refractivity (Wildman–Crippen MR) is 40.7 cm³/mol. The lowest BCUT2D eigenvalue weighted by molar-refractivity contribution is -0.245. The molecule has 0 aromatic heterocycles. The summed E-state index contributed by atoms with van der Waals surface area (Å²) in [6, 6.07) is 0. The maximum atomic E-state index is 5.13. The molecule has 0 fully saturated rings. The third kappa shape index (κ3) is 8.14. The minimum atomic E-state index is -1.44. The maximum Gasteiger partial charge on any atom is 0.230 e. The molecule has 0 aromatic rings. The van der Waals surface area contributed by atoms with E-state index in [0.29, 0.717) is 0 Å². The van der Waals surface area contributed by atoms with Crippen molar-refractivity contribution in [2.45, 2.75) is 39.6 Å². The highest BCUT2D eigenvalue weighted by atomic mass is 28.4. The van der Waals surface area contributed by atoms with Gasteiger partial charge >= 0.3 is 0 Å².